The van der Waals surface area contributed by atoms with Crippen molar-refractivity contribution >= 4 is 0 Å². The molecule has 1 N–H and O–H groups in total. The Morgan fingerprint density at radius 2 is 2.33 bits per heavy atom. The minimum atomic E-state index is 0.562. The Hall–Kier alpha value is -0.960. The highest BCUT2D eigenvalue weighted by Gasteiger charge is 2.18. The number of nitrogens with zero attached hydrogens (tertiary/aromatic N) is 2. The van der Waals surface area contributed by atoms with E-state index in [9.17, 15) is 0 Å². The third-order valence-corrected chi connectivity index (χ3v) is 3.10. The highest BCUT2D eigenvalue weighted by atomic mass is 14.9. The van der Waals surface area contributed by atoms with E-state index >= 15 is 0 Å². The lowest BCUT2D eigenvalue weighted by atomic mass is 9.94. The van der Waals surface area contributed by atoms with E-state index in [1.54, 1.807) is 6.33 Å². The van der Waals surface area contributed by atoms with Gasteiger partial charge in [-0.05, 0) is 12.3 Å². The van der Waals surface area contributed by atoms with Crippen molar-refractivity contribution in [3.63, 3.8) is 0 Å². The van der Waals surface area contributed by atoms with Crippen molar-refractivity contribution in [1.29, 1.82) is 0 Å². The van der Waals surface area contributed by atoms with Crippen LogP contribution in [0.1, 0.15) is 49.6 Å². The highest BCUT2D eigenvalue weighted by Crippen LogP contribution is 2.24. The van der Waals surface area contributed by atoms with Gasteiger partial charge in [-0.3, -0.25) is 0 Å². The predicted octanol–water partition coefficient (Wildman–Crippen LogP) is 2.03. The van der Waals surface area contributed by atoms with Crippen LogP contribution < -0.4 is 5.32 Å². The number of aromatic nitrogens is 2. The zero-order valence-corrected chi connectivity index (χ0v) is 9.58. The van der Waals surface area contributed by atoms with Gasteiger partial charge in [0.25, 0.3) is 0 Å². The predicted molar refractivity (Wildman–Crippen MR) is 60.8 cm³/mol. The topological polar surface area (TPSA) is 37.8 Å². The summed E-state index contributed by atoms with van der Waals surface area (Å²) in [6, 6.07) is 0. The first-order valence-corrected chi connectivity index (χ1v) is 5.86. The first kappa shape index (κ1) is 10.6. The van der Waals surface area contributed by atoms with Gasteiger partial charge in [-0.25, -0.2) is 9.97 Å². The van der Waals surface area contributed by atoms with Crippen LogP contribution >= 0.6 is 0 Å². The maximum absolute atomic E-state index is 4.46. The van der Waals surface area contributed by atoms with Crippen molar-refractivity contribution in [3.8, 4) is 0 Å². The molecule has 1 aliphatic rings. The molecule has 0 saturated heterocycles. The molecular weight excluding hydrogens is 186 g/mol. The summed E-state index contributed by atoms with van der Waals surface area (Å²) in [5.74, 6) is 0.562. The summed E-state index contributed by atoms with van der Waals surface area (Å²) in [6.45, 7) is 6.48. The van der Waals surface area contributed by atoms with Crippen molar-refractivity contribution in [2.24, 2.45) is 0 Å². The average Bonchev–Trinajstić information content (AvgIpc) is 2.28. The third kappa shape index (κ3) is 2.17. The lowest BCUT2D eigenvalue weighted by Gasteiger charge is -2.21. The van der Waals surface area contributed by atoms with Gasteiger partial charge in [-0.1, -0.05) is 20.3 Å². The molecule has 1 atom stereocenters. The van der Waals surface area contributed by atoms with Gasteiger partial charge in [-0.2, -0.15) is 0 Å². The van der Waals surface area contributed by atoms with E-state index in [-0.39, 0.29) is 0 Å². The molecular formula is C12H19N3. The molecule has 15 heavy (non-hydrogen) atoms. The molecule has 0 bridgehead atoms. The Morgan fingerprint density at radius 3 is 3.13 bits per heavy atom. The molecule has 0 aliphatic carbocycles. The van der Waals surface area contributed by atoms with Crippen LogP contribution in [0, 0.1) is 0 Å². The van der Waals surface area contributed by atoms with Crippen LogP contribution in [-0.2, 0) is 13.0 Å². The van der Waals surface area contributed by atoms with E-state index in [4.69, 9.17) is 0 Å². The Bertz CT molecular complexity index is 336. The summed E-state index contributed by atoms with van der Waals surface area (Å²) in [5.41, 5.74) is 3.86. The number of nitrogens with one attached hydrogen (secondary N) is 1. The molecule has 2 rings (SSSR count). The SMILES string of the molecule is CCCC(C)c1ncnc2c1CNCC2. The zero-order chi connectivity index (χ0) is 10.7. The van der Waals surface area contributed by atoms with Gasteiger partial charge in [0.05, 0.1) is 5.69 Å². The maximum Gasteiger partial charge on any atom is 0.115 e. The first-order valence-electron chi connectivity index (χ1n) is 5.86. The first-order chi connectivity index (χ1) is 7.33. The van der Waals surface area contributed by atoms with Crippen LogP contribution in [0.2, 0.25) is 0 Å². The Kier molecular flexibility index (Phi) is 3.31. The van der Waals surface area contributed by atoms with Gasteiger partial charge in [0, 0.05) is 30.8 Å². The van der Waals surface area contributed by atoms with Crippen molar-refractivity contribution in [2.45, 2.75) is 45.6 Å². The average molecular weight is 205 g/mol. The fourth-order valence-electron chi connectivity index (χ4n) is 2.29. The molecule has 0 amide bonds. The molecule has 3 nitrogen and oxygen atoms in total. The van der Waals surface area contributed by atoms with E-state index in [2.05, 4.69) is 29.1 Å². The number of rotatable bonds is 3. The van der Waals surface area contributed by atoms with Crippen LogP contribution in [0.25, 0.3) is 0 Å². The van der Waals surface area contributed by atoms with E-state index in [1.807, 2.05) is 0 Å². The second-order valence-electron chi connectivity index (χ2n) is 4.30. The summed E-state index contributed by atoms with van der Waals surface area (Å²) < 4.78 is 0. The van der Waals surface area contributed by atoms with Gasteiger partial charge >= 0.3 is 0 Å². The van der Waals surface area contributed by atoms with Gasteiger partial charge in [-0.15, -0.1) is 0 Å². The van der Waals surface area contributed by atoms with Crippen LogP contribution in [-0.4, -0.2) is 16.5 Å². The summed E-state index contributed by atoms with van der Waals surface area (Å²) in [6.07, 6.45) is 5.20. The lowest BCUT2D eigenvalue weighted by molar-refractivity contribution is 0.583. The molecule has 1 aliphatic heterocycles. The van der Waals surface area contributed by atoms with Crippen LogP contribution in [0.15, 0.2) is 6.33 Å². The van der Waals surface area contributed by atoms with Crippen molar-refractivity contribution < 1.29 is 0 Å². The molecule has 0 saturated carbocycles. The Morgan fingerprint density at radius 1 is 1.47 bits per heavy atom. The van der Waals surface area contributed by atoms with E-state index in [0.717, 1.165) is 19.5 Å². The van der Waals surface area contributed by atoms with Gasteiger partial charge in [0.1, 0.15) is 6.33 Å². The van der Waals surface area contributed by atoms with Crippen LogP contribution in [0.3, 0.4) is 0 Å². The molecule has 0 spiro atoms. The molecule has 1 aromatic heterocycles. The second-order valence-corrected chi connectivity index (χ2v) is 4.30. The van der Waals surface area contributed by atoms with Crippen LogP contribution in [0.4, 0.5) is 0 Å². The largest absolute Gasteiger partial charge is 0.312 e. The zero-order valence-electron chi connectivity index (χ0n) is 9.58. The standard InChI is InChI=1S/C12H19N3/c1-3-4-9(2)12-10-7-13-6-5-11(10)14-8-15-12/h8-9,13H,3-7H2,1-2H3. The summed E-state index contributed by atoms with van der Waals surface area (Å²) in [5, 5.41) is 3.40. The number of fused-ring (bicyclic) bond motifs is 1. The summed E-state index contributed by atoms with van der Waals surface area (Å²) >= 11 is 0. The number of hydrogen-bond acceptors (Lipinski definition) is 3. The molecule has 2 heterocycles. The Labute approximate surface area is 91.3 Å². The van der Waals surface area contributed by atoms with Crippen molar-refractivity contribution in [2.75, 3.05) is 6.54 Å². The molecule has 1 aromatic rings. The van der Waals surface area contributed by atoms with Gasteiger partial charge in [0.15, 0.2) is 0 Å². The molecule has 3 heteroatoms. The van der Waals surface area contributed by atoms with Gasteiger partial charge < -0.3 is 5.32 Å². The van der Waals surface area contributed by atoms with Crippen molar-refractivity contribution in [1.82, 2.24) is 15.3 Å². The van der Waals surface area contributed by atoms with E-state index in [1.165, 1.54) is 29.8 Å². The molecule has 1 unspecified atom stereocenters. The van der Waals surface area contributed by atoms with Crippen molar-refractivity contribution in [3.05, 3.63) is 23.3 Å². The number of hydrogen-bond donors (Lipinski definition) is 1. The quantitative estimate of drug-likeness (QED) is 0.820. The minimum absolute atomic E-state index is 0.562. The highest BCUT2D eigenvalue weighted by molar-refractivity contribution is 5.29. The summed E-state index contributed by atoms with van der Waals surface area (Å²) in [7, 11) is 0. The molecule has 0 aromatic carbocycles. The fraction of sp³-hybridized carbons (Fsp3) is 0.667. The molecule has 0 fully saturated rings. The van der Waals surface area contributed by atoms with Gasteiger partial charge in [0.2, 0.25) is 0 Å². The van der Waals surface area contributed by atoms with E-state index < -0.39 is 0 Å². The maximum atomic E-state index is 4.46. The molecule has 0 radical (unpaired) electrons. The lowest BCUT2D eigenvalue weighted by Crippen LogP contribution is -2.26. The third-order valence-electron chi connectivity index (χ3n) is 3.10. The Balaban J connectivity index is 2.30. The smallest absolute Gasteiger partial charge is 0.115 e. The summed E-state index contributed by atoms with van der Waals surface area (Å²) in [4.78, 5) is 8.83. The van der Waals surface area contributed by atoms with E-state index in [0.29, 0.717) is 5.92 Å². The monoisotopic (exact) mass is 205 g/mol. The second kappa shape index (κ2) is 4.71. The normalized spacial score (nSPS) is 17.2. The van der Waals surface area contributed by atoms with Crippen LogP contribution in [0.5, 0.6) is 0 Å². The molecule has 82 valence electrons. The fourth-order valence-corrected chi connectivity index (χ4v) is 2.29. The minimum Gasteiger partial charge on any atom is -0.312 e.